The predicted molar refractivity (Wildman–Crippen MR) is 143 cm³/mol. The lowest BCUT2D eigenvalue weighted by Crippen LogP contribution is -2.36. The van der Waals surface area contributed by atoms with Gasteiger partial charge in [0.2, 0.25) is 0 Å². The number of nitrogens with one attached hydrogen (secondary N) is 3. The molecule has 35 heavy (non-hydrogen) atoms. The molecule has 0 unspecified atom stereocenters. The second kappa shape index (κ2) is 9.93. The highest BCUT2D eigenvalue weighted by Gasteiger charge is 2.22. The Balaban J connectivity index is 1.65. The van der Waals surface area contributed by atoms with Gasteiger partial charge in [-0.15, -0.1) is 0 Å². The summed E-state index contributed by atoms with van der Waals surface area (Å²) >= 11 is 9.54. The van der Waals surface area contributed by atoms with Crippen LogP contribution >= 0.6 is 27.5 Å². The smallest absolute Gasteiger partial charge is 0.320 e. The summed E-state index contributed by atoms with van der Waals surface area (Å²) in [6.45, 7) is 5.64. The normalized spacial score (nSPS) is 10.8. The first-order chi connectivity index (χ1) is 16.6. The molecular weight excluding hydrogens is 532 g/mol. The van der Waals surface area contributed by atoms with E-state index in [4.69, 9.17) is 11.6 Å². The first kappa shape index (κ1) is 24.5. The fourth-order valence-electron chi connectivity index (χ4n) is 3.67. The third-order valence-electron chi connectivity index (χ3n) is 5.57. The number of hydrogen-bond acceptors (Lipinski definition) is 3. The molecule has 4 aromatic rings. The highest BCUT2D eigenvalue weighted by molar-refractivity contribution is 9.10. The van der Waals surface area contributed by atoms with Crippen molar-refractivity contribution in [3.63, 3.8) is 0 Å². The summed E-state index contributed by atoms with van der Waals surface area (Å²) in [6.07, 6.45) is 0. The molecule has 1 aromatic heterocycles. The van der Waals surface area contributed by atoms with E-state index in [-0.39, 0.29) is 5.69 Å². The monoisotopic (exact) mass is 552 g/mol. The Hall–Kier alpha value is -3.62. The molecule has 1 heterocycles. The van der Waals surface area contributed by atoms with E-state index in [0.29, 0.717) is 27.3 Å². The number of carbonyl (C=O) groups is 3. The molecule has 0 atom stereocenters. The fourth-order valence-corrected chi connectivity index (χ4v) is 4.23. The summed E-state index contributed by atoms with van der Waals surface area (Å²) in [7, 11) is 0. The van der Waals surface area contributed by atoms with Crippen LogP contribution in [0.5, 0.6) is 0 Å². The number of hydrogen-bond donors (Lipinski definition) is 3. The summed E-state index contributed by atoms with van der Waals surface area (Å²) in [5.74, 6) is -2.27. The number of benzene rings is 3. The zero-order valence-corrected chi connectivity index (χ0v) is 21.5. The maximum Gasteiger partial charge on any atom is 0.328 e. The minimum Gasteiger partial charge on any atom is -0.320 e. The van der Waals surface area contributed by atoms with Gasteiger partial charge in [-0.1, -0.05) is 51.8 Å². The average molecular weight is 554 g/mol. The van der Waals surface area contributed by atoms with Gasteiger partial charge in [-0.05, 0) is 73.9 Å². The molecule has 0 aliphatic carbocycles. The minimum absolute atomic E-state index is 0.167. The van der Waals surface area contributed by atoms with Gasteiger partial charge in [-0.3, -0.25) is 19.8 Å². The van der Waals surface area contributed by atoms with Crippen LogP contribution in [0.1, 0.15) is 27.2 Å². The molecule has 3 amide bonds. The largest absolute Gasteiger partial charge is 0.328 e. The third kappa shape index (κ3) is 5.23. The number of para-hydroxylation sites is 1. The van der Waals surface area contributed by atoms with Gasteiger partial charge in [0, 0.05) is 26.3 Å². The van der Waals surface area contributed by atoms with E-state index < -0.39 is 17.7 Å². The quantitative estimate of drug-likeness (QED) is 0.273. The van der Waals surface area contributed by atoms with Crippen molar-refractivity contribution in [3.8, 4) is 0 Å². The summed E-state index contributed by atoms with van der Waals surface area (Å²) in [5, 5.41) is 6.63. The van der Waals surface area contributed by atoms with Crippen molar-refractivity contribution < 1.29 is 14.4 Å². The summed E-state index contributed by atoms with van der Waals surface area (Å²) in [4.78, 5) is 38.7. The molecule has 7 nitrogen and oxygen atoms in total. The standard InChI is InChI=1S/C26H22BrClN4O3/c1-14-7-9-19(13-20(14)28)29-25(34)26(35)31-32-21-10-8-18(27)11-17(21)12-22(32)24(33)30-23-15(2)5-4-6-16(23)3/h4-13H,1-3H3,(H,29,34)(H,30,33)(H,31,35). The van der Waals surface area contributed by atoms with Gasteiger partial charge < -0.3 is 10.6 Å². The Morgan fingerprint density at radius 2 is 1.54 bits per heavy atom. The van der Waals surface area contributed by atoms with Crippen LogP contribution in [0.15, 0.2) is 65.1 Å². The SMILES string of the molecule is Cc1ccc(NC(=O)C(=O)Nn2c(C(=O)Nc3c(C)cccc3C)cc3cc(Br)ccc32)cc1Cl. The maximum absolute atomic E-state index is 13.3. The van der Waals surface area contributed by atoms with E-state index in [0.717, 1.165) is 21.2 Å². The number of carbonyl (C=O) groups excluding carboxylic acids is 3. The number of amides is 3. The van der Waals surface area contributed by atoms with Crippen LogP contribution in [0.25, 0.3) is 10.9 Å². The molecule has 3 N–H and O–H groups in total. The molecule has 4 rings (SSSR count). The van der Waals surface area contributed by atoms with Crippen LogP contribution in [-0.4, -0.2) is 22.4 Å². The Morgan fingerprint density at radius 3 is 2.23 bits per heavy atom. The maximum atomic E-state index is 13.3. The summed E-state index contributed by atoms with van der Waals surface area (Å²) < 4.78 is 2.12. The number of aryl methyl sites for hydroxylation is 3. The number of nitrogens with zero attached hydrogens (tertiary/aromatic N) is 1. The Kier molecular flexibility index (Phi) is 6.95. The van der Waals surface area contributed by atoms with Crippen molar-refractivity contribution in [1.82, 2.24) is 4.68 Å². The van der Waals surface area contributed by atoms with Gasteiger partial charge >= 0.3 is 11.8 Å². The van der Waals surface area contributed by atoms with Gasteiger partial charge in [-0.2, -0.15) is 0 Å². The molecule has 178 valence electrons. The van der Waals surface area contributed by atoms with Gasteiger partial charge in [0.15, 0.2) is 0 Å². The van der Waals surface area contributed by atoms with Gasteiger partial charge in [0.1, 0.15) is 5.69 Å². The average Bonchev–Trinajstić information content (AvgIpc) is 3.16. The predicted octanol–water partition coefficient (Wildman–Crippen LogP) is 5.94. The zero-order chi connectivity index (χ0) is 25.3. The fraction of sp³-hybridized carbons (Fsp3) is 0.115. The Morgan fingerprint density at radius 1 is 0.829 bits per heavy atom. The van der Waals surface area contributed by atoms with Crippen molar-refractivity contribution in [2.24, 2.45) is 0 Å². The van der Waals surface area contributed by atoms with Gasteiger partial charge in [0.25, 0.3) is 5.91 Å². The van der Waals surface area contributed by atoms with E-state index in [1.807, 2.05) is 45.0 Å². The van der Waals surface area contributed by atoms with E-state index >= 15 is 0 Å². The lowest BCUT2D eigenvalue weighted by Gasteiger charge is -2.15. The first-order valence-electron chi connectivity index (χ1n) is 10.7. The molecule has 3 aromatic carbocycles. The number of anilines is 2. The van der Waals surface area contributed by atoms with Crippen LogP contribution in [0.3, 0.4) is 0 Å². The minimum atomic E-state index is -0.941. The number of fused-ring (bicyclic) bond motifs is 1. The molecule has 0 saturated carbocycles. The first-order valence-corrected chi connectivity index (χ1v) is 11.9. The molecule has 0 bridgehead atoms. The zero-order valence-electron chi connectivity index (χ0n) is 19.2. The van der Waals surface area contributed by atoms with Crippen molar-refractivity contribution in [2.75, 3.05) is 16.1 Å². The Bertz CT molecular complexity index is 1480. The highest BCUT2D eigenvalue weighted by Crippen LogP contribution is 2.26. The van der Waals surface area contributed by atoms with Gasteiger partial charge in [0.05, 0.1) is 5.52 Å². The second-order valence-electron chi connectivity index (χ2n) is 8.15. The van der Waals surface area contributed by atoms with Gasteiger partial charge in [-0.25, -0.2) is 4.68 Å². The Labute approximate surface area is 215 Å². The van der Waals surface area contributed by atoms with Crippen LogP contribution in [0.2, 0.25) is 5.02 Å². The van der Waals surface area contributed by atoms with Crippen LogP contribution in [0.4, 0.5) is 11.4 Å². The van der Waals surface area contributed by atoms with Crippen LogP contribution in [0, 0.1) is 20.8 Å². The molecule has 0 aliphatic rings. The number of halogens is 2. The number of rotatable bonds is 4. The molecule has 0 radical (unpaired) electrons. The van der Waals surface area contributed by atoms with Crippen molar-refractivity contribution >= 4 is 67.5 Å². The second-order valence-corrected chi connectivity index (χ2v) is 9.47. The molecule has 9 heteroatoms. The van der Waals surface area contributed by atoms with Crippen molar-refractivity contribution in [2.45, 2.75) is 20.8 Å². The highest BCUT2D eigenvalue weighted by atomic mass is 79.9. The van der Waals surface area contributed by atoms with Crippen LogP contribution < -0.4 is 16.1 Å². The molecule has 0 spiro atoms. The lowest BCUT2D eigenvalue weighted by molar-refractivity contribution is -0.133. The van der Waals surface area contributed by atoms with E-state index in [1.165, 1.54) is 4.68 Å². The van der Waals surface area contributed by atoms with E-state index in [1.54, 1.807) is 36.4 Å². The third-order valence-corrected chi connectivity index (χ3v) is 6.47. The summed E-state index contributed by atoms with van der Waals surface area (Å²) in [5.41, 5.74) is 7.01. The molecule has 0 aliphatic heterocycles. The number of aromatic nitrogens is 1. The van der Waals surface area contributed by atoms with Crippen molar-refractivity contribution in [1.29, 1.82) is 0 Å². The van der Waals surface area contributed by atoms with Crippen molar-refractivity contribution in [3.05, 3.63) is 92.5 Å². The topological polar surface area (TPSA) is 92.2 Å². The molecule has 0 saturated heterocycles. The molecule has 0 fully saturated rings. The summed E-state index contributed by atoms with van der Waals surface area (Å²) in [6, 6.07) is 17.7. The van der Waals surface area contributed by atoms with E-state index in [9.17, 15) is 14.4 Å². The van der Waals surface area contributed by atoms with E-state index in [2.05, 4.69) is 32.0 Å². The lowest BCUT2D eigenvalue weighted by atomic mass is 10.1. The molecular formula is C26H22BrClN4O3. The van der Waals surface area contributed by atoms with Crippen LogP contribution in [-0.2, 0) is 9.59 Å².